The fourth-order valence-corrected chi connectivity index (χ4v) is 4.80. The van der Waals surface area contributed by atoms with Crippen LogP contribution in [0.3, 0.4) is 0 Å². The highest BCUT2D eigenvalue weighted by atomic mass is 35.5. The molecule has 0 aliphatic carbocycles. The Morgan fingerprint density at radius 1 is 0.976 bits per heavy atom. The number of carbonyl (C=O) groups is 2. The van der Waals surface area contributed by atoms with E-state index in [1.807, 2.05) is 50.2 Å². The number of nitrogens with one attached hydrogen (secondary N) is 2. The third-order valence-electron chi connectivity index (χ3n) is 6.57. The van der Waals surface area contributed by atoms with E-state index in [0.717, 1.165) is 22.0 Å². The Kier molecular flexibility index (Phi) is 8.55. The van der Waals surface area contributed by atoms with Gasteiger partial charge in [-0.25, -0.2) is 10.2 Å². The van der Waals surface area contributed by atoms with Crippen LogP contribution in [0.15, 0.2) is 90.0 Å². The predicted octanol–water partition coefficient (Wildman–Crippen LogP) is 7.19. The fourth-order valence-electron chi connectivity index (χ4n) is 4.57. The average Bonchev–Trinajstić information content (AvgIpc) is 3.39. The van der Waals surface area contributed by atoms with Gasteiger partial charge >= 0.3 is 5.97 Å². The van der Waals surface area contributed by atoms with Crippen LogP contribution < -0.4 is 19.6 Å². The number of esters is 1. The number of carbonyl (C=O) groups excluding carboxylic acids is 2. The van der Waals surface area contributed by atoms with Crippen LogP contribution in [0.2, 0.25) is 5.02 Å². The maximum Gasteiger partial charge on any atom is 0.343 e. The molecular formula is C33H28ClN3O5. The van der Waals surface area contributed by atoms with Crippen LogP contribution in [-0.2, 0) is 0 Å². The van der Waals surface area contributed by atoms with Gasteiger partial charge in [0.1, 0.15) is 11.4 Å². The van der Waals surface area contributed by atoms with Crippen molar-refractivity contribution < 1.29 is 23.8 Å². The third kappa shape index (κ3) is 5.99. The molecule has 1 aromatic heterocycles. The number of amides is 1. The first-order valence-electron chi connectivity index (χ1n) is 13.2. The lowest BCUT2D eigenvalue weighted by Gasteiger charge is -2.11. The molecule has 1 heterocycles. The van der Waals surface area contributed by atoms with Crippen molar-refractivity contribution in [3.8, 4) is 28.4 Å². The second-order valence-electron chi connectivity index (χ2n) is 9.31. The molecule has 9 heteroatoms. The molecule has 0 bridgehead atoms. The zero-order valence-corrected chi connectivity index (χ0v) is 24.0. The molecule has 1 amide bonds. The number of nitrogens with zero attached hydrogens (tertiary/aromatic N) is 1. The van der Waals surface area contributed by atoms with Gasteiger partial charge in [-0.3, -0.25) is 4.79 Å². The fraction of sp³-hybridized carbons (Fsp3) is 0.121. The molecule has 0 radical (unpaired) electrons. The van der Waals surface area contributed by atoms with Gasteiger partial charge in [-0.15, -0.1) is 0 Å². The van der Waals surface area contributed by atoms with E-state index in [1.54, 1.807) is 48.5 Å². The Hall–Kier alpha value is -5.08. The summed E-state index contributed by atoms with van der Waals surface area (Å²) >= 11 is 6.53. The summed E-state index contributed by atoms with van der Waals surface area (Å²) in [6, 6.07) is 24.9. The molecular weight excluding hydrogens is 554 g/mol. The Morgan fingerprint density at radius 3 is 2.57 bits per heavy atom. The number of para-hydroxylation sites is 1. The molecule has 5 rings (SSSR count). The Labute approximate surface area is 247 Å². The van der Waals surface area contributed by atoms with E-state index < -0.39 is 11.9 Å². The quantitative estimate of drug-likeness (QED) is 0.0830. The van der Waals surface area contributed by atoms with Crippen molar-refractivity contribution in [1.29, 1.82) is 0 Å². The summed E-state index contributed by atoms with van der Waals surface area (Å²) in [5.41, 5.74) is 7.21. The molecule has 0 aliphatic heterocycles. The van der Waals surface area contributed by atoms with Crippen LogP contribution in [-0.4, -0.2) is 36.8 Å². The van der Waals surface area contributed by atoms with Gasteiger partial charge < -0.3 is 19.2 Å². The van der Waals surface area contributed by atoms with Crippen molar-refractivity contribution >= 4 is 40.6 Å². The van der Waals surface area contributed by atoms with E-state index in [4.69, 9.17) is 25.8 Å². The number of fused-ring (bicyclic) bond motifs is 1. The van der Waals surface area contributed by atoms with E-state index in [2.05, 4.69) is 15.5 Å². The number of aromatic amines is 1. The van der Waals surface area contributed by atoms with E-state index in [0.29, 0.717) is 45.5 Å². The van der Waals surface area contributed by atoms with E-state index in [9.17, 15) is 9.59 Å². The lowest BCUT2D eigenvalue weighted by atomic mass is 10.0. The zero-order chi connectivity index (χ0) is 29.6. The minimum Gasteiger partial charge on any atom is -0.497 e. The Bertz CT molecular complexity index is 1810. The lowest BCUT2D eigenvalue weighted by molar-refractivity contribution is 0.0727. The highest BCUT2D eigenvalue weighted by molar-refractivity contribution is 6.34. The first-order valence-corrected chi connectivity index (χ1v) is 13.6. The normalized spacial score (nSPS) is 11.0. The molecule has 2 N–H and O–H groups in total. The number of hydrogen-bond acceptors (Lipinski definition) is 6. The molecule has 0 aliphatic rings. The van der Waals surface area contributed by atoms with Gasteiger partial charge in [0.15, 0.2) is 11.5 Å². The van der Waals surface area contributed by atoms with Crippen LogP contribution >= 0.6 is 11.6 Å². The maximum atomic E-state index is 13.4. The molecule has 0 saturated carbocycles. The predicted molar refractivity (Wildman–Crippen MR) is 164 cm³/mol. The van der Waals surface area contributed by atoms with Gasteiger partial charge in [0.2, 0.25) is 0 Å². The van der Waals surface area contributed by atoms with Crippen molar-refractivity contribution in [3.63, 3.8) is 0 Å². The van der Waals surface area contributed by atoms with Crippen molar-refractivity contribution in [1.82, 2.24) is 10.4 Å². The summed E-state index contributed by atoms with van der Waals surface area (Å²) in [4.78, 5) is 29.3. The summed E-state index contributed by atoms with van der Waals surface area (Å²) in [5, 5.41) is 5.59. The topological polar surface area (TPSA) is 102 Å². The van der Waals surface area contributed by atoms with Gasteiger partial charge in [0, 0.05) is 27.1 Å². The summed E-state index contributed by atoms with van der Waals surface area (Å²) in [6.45, 7) is 4.15. The number of aromatic nitrogens is 1. The first kappa shape index (κ1) is 28.4. The largest absolute Gasteiger partial charge is 0.497 e. The number of hydrazone groups is 1. The van der Waals surface area contributed by atoms with Crippen LogP contribution in [0.25, 0.3) is 22.0 Å². The Balaban J connectivity index is 1.37. The zero-order valence-electron chi connectivity index (χ0n) is 23.2. The number of halogens is 1. The minimum absolute atomic E-state index is 0.253. The van der Waals surface area contributed by atoms with Crippen molar-refractivity contribution in [3.05, 3.63) is 112 Å². The van der Waals surface area contributed by atoms with Gasteiger partial charge in [-0.05, 0) is 67.4 Å². The van der Waals surface area contributed by atoms with E-state index in [-0.39, 0.29) is 5.75 Å². The molecule has 4 aromatic carbocycles. The number of methoxy groups -OCH3 is 1. The van der Waals surface area contributed by atoms with E-state index >= 15 is 0 Å². The second kappa shape index (κ2) is 12.6. The highest BCUT2D eigenvalue weighted by Gasteiger charge is 2.21. The monoisotopic (exact) mass is 581 g/mol. The molecule has 42 heavy (non-hydrogen) atoms. The number of hydrogen-bond donors (Lipinski definition) is 2. The smallest absolute Gasteiger partial charge is 0.343 e. The summed E-state index contributed by atoms with van der Waals surface area (Å²) < 4.78 is 16.5. The van der Waals surface area contributed by atoms with Crippen LogP contribution in [0.5, 0.6) is 17.2 Å². The average molecular weight is 582 g/mol. The summed E-state index contributed by atoms with van der Waals surface area (Å²) in [7, 11) is 1.53. The molecule has 0 fully saturated rings. The second-order valence-corrected chi connectivity index (χ2v) is 9.72. The van der Waals surface area contributed by atoms with Crippen molar-refractivity contribution in [2.24, 2.45) is 5.10 Å². The molecule has 0 saturated heterocycles. The van der Waals surface area contributed by atoms with Crippen LogP contribution in [0.4, 0.5) is 0 Å². The lowest BCUT2D eigenvalue weighted by Crippen LogP contribution is -2.19. The van der Waals surface area contributed by atoms with Crippen molar-refractivity contribution in [2.75, 3.05) is 13.7 Å². The molecule has 212 valence electrons. The van der Waals surface area contributed by atoms with Gasteiger partial charge in [0.25, 0.3) is 5.91 Å². The van der Waals surface area contributed by atoms with Crippen LogP contribution in [0.1, 0.15) is 38.9 Å². The summed E-state index contributed by atoms with van der Waals surface area (Å²) in [6.07, 6.45) is 1.48. The first-order chi connectivity index (χ1) is 20.4. The number of aryl methyl sites for hydroxylation is 1. The molecule has 0 atom stereocenters. The number of H-pyrrole nitrogens is 1. The van der Waals surface area contributed by atoms with Gasteiger partial charge in [-0.2, -0.15) is 5.10 Å². The molecule has 0 unspecified atom stereocenters. The standard InChI is InChI=1S/C33H28ClN3O5/c1-4-41-28-17-21(15-16-27(28)42-33(39)22-10-8-11-23(18-22)40-3)19-35-37-32(38)31-29(24-12-5-6-14-26(24)34)25-13-7-9-20(2)30(25)36-31/h5-19,36H,4H2,1-3H3,(H,37,38). The third-order valence-corrected chi connectivity index (χ3v) is 6.90. The highest BCUT2D eigenvalue weighted by Crippen LogP contribution is 2.37. The number of ether oxygens (including phenoxy) is 3. The molecule has 5 aromatic rings. The summed E-state index contributed by atoms with van der Waals surface area (Å²) in [5.74, 6) is 0.182. The molecule has 0 spiro atoms. The SMILES string of the molecule is CCOc1cc(C=NNC(=O)c2[nH]c3c(C)cccc3c2-c2ccccc2Cl)ccc1OC(=O)c1cccc(OC)c1. The minimum atomic E-state index is -0.550. The Morgan fingerprint density at radius 2 is 1.79 bits per heavy atom. The van der Waals surface area contributed by atoms with Crippen LogP contribution in [0, 0.1) is 6.92 Å². The van der Waals surface area contributed by atoms with Gasteiger partial charge in [0.05, 0.1) is 25.5 Å². The van der Waals surface area contributed by atoms with Crippen molar-refractivity contribution in [2.45, 2.75) is 13.8 Å². The molecule has 8 nitrogen and oxygen atoms in total. The number of benzene rings is 4. The maximum absolute atomic E-state index is 13.4. The van der Waals surface area contributed by atoms with E-state index in [1.165, 1.54) is 13.3 Å². The van der Waals surface area contributed by atoms with Gasteiger partial charge in [-0.1, -0.05) is 54.1 Å². The number of rotatable bonds is 9.